The number of carboxylic acid groups (broad SMARTS) is 1. The predicted molar refractivity (Wildman–Crippen MR) is 76.3 cm³/mol. The molecule has 0 radical (unpaired) electrons. The van der Waals surface area contributed by atoms with E-state index in [1.807, 2.05) is 0 Å². The minimum Gasteiger partial charge on any atom is -0.478 e. The van der Waals surface area contributed by atoms with Crippen LogP contribution in [0.5, 0.6) is 11.5 Å². The Labute approximate surface area is 124 Å². The number of rotatable bonds is 4. The van der Waals surface area contributed by atoms with E-state index in [2.05, 4.69) is 0 Å². The molecule has 2 rings (SSSR count). The quantitative estimate of drug-likeness (QED) is 0.680. The number of carboxylic acids is 1. The first-order chi connectivity index (χ1) is 9.90. The number of benzene rings is 2. The summed E-state index contributed by atoms with van der Waals surface area (Å²) in [5, 5.41) is 20.1. The zero-order valence-corrected chi connectivity index (χ0v) is 11.6. The van der Waals surface area contributed by atoms with E-state index in [9.17, 15) is 14.9 Å². The molecule has 0 bridgehead atoms. The summed E-state index contributed by atoms with van der Waals surface area (Å²) in [7, 11) is 0. The van der Waals surface area contributed by atoms with Gasteiger partial charge in [-0.3, -0.25) is 10.1 Å². The van der Waals surface area contributed by atoms with Gasteiger partial charge in [-0.15, -0.1) is 0 Å². The van der Waals surface area contributed by atoms with Crippen LogP contribution < -0.4 is 4.74 Å². The average molecular weight is 308 g/mol. The second-order valence-electron chi connectivity index (χ2n) is 4.25. The summed E-state index contributed by atoms with van der Waals surface area (Å²) in [6, 6.07) is 8.69. The molecule has 21 heavy (non-hydrogen) atoms. The van der Waals surface area contributed by atoms with Crippen molar-refractivity contribution in [2.45, 2.75) is 6.92 Å². The van der Waals surface area contributed by atoms with Crippen molar-refractivity contribution in [3.63, 3.8) is 0 Å². The van der Waals surface area contributed by atoms with E-state index < -0.39 is 16.6 Å². The van der Waals surface area contributed by atoms with Crippen molar-refractivity contribution < 1.29 is 19.6 Å². The molecule has 1 N–H and O–H groups in total. The van der Waals surface area contributed by atoms with Gasteiger partial charge in [0.1, 0.15) is 16.3 Å². The lowest BCUT2D eigenvalue weighted by atomic mass is 10.1. The summed E-state index contributed by atoms with van der Waals surface area (Å²) in [5.74, 6) is -1.27. The number of hydrogen-bond donors (Lipinski definition) is 1. The number of carbonyl (C=O) groups is 1. The molecule has 2 aromatic rings. The largest absolute Gasteiger partial charge is 0.478 e. The fraction of sp³-hybridized carbons (Fsp3) is 0.0714. The lowest BCUT2D eigenvalue weighted by Gasteiger charge is -2.10. The summed E-state index contributed by atoms with van der Waals surface area (Å²) in [4.78, 5) is 21.5. The summed E-state index contributed by atoms with van der Waals surface area (Å²) in [6.07, 6.45) is 0. The van der Waals surface area contributed by atoms with Crippen LogP contribution in [0.4, 0.5) is 5.69 Å². The minimum atomic E-state index is -1.19. The van der Waals surface area contributed by atoms with E-state index in [0.717, 1.165) is 5.56 Å². The van der Waals surface area contributed by atoms with Gasteiger partial charge >= 0.3 is 11.7 Å². The highest BCUT2D eigenvalue weighted by Crippen LogP contribution is 2.38. The number of aryl methyl sites for hydroxylation is 1. The van der Waals surface area contributed by atoms with Gasteiger partial charge in [-0.1, -0.05) is 23.7 Å². The molecule has 0 heterocycles. The van der Waals surface area contributed by atoms with E-state index in [4.69, 9.17) is 21.4 Å². The molecule has 2 aromatic carbocycles. The van der Waals surface area contributed by atoms with Crippen LogP contribution in [0.1, 0.15) is 15.9 Å². The van der Waals surface area contributed by atoms with Crippen molar-refractivity contribution >= 4 is 23.3 Å². The minimum absolute atomic E-state index is 0.0212. The molecule has 6 nitrogen and oxygen atoms in total. The maximum Gasteiger partial charge on any atom is 0.339 e. The maximum absolute atomic E-state index is 11.2. The fourth-order valence-corrected chi connectivity index (χ4v) is 2.00. The van der Waals surface area contributed by atoms with Crippen molar-refractivity contribution in [1.29, 1.82) is 0 Å². The number of hydrogen-bond acceptors (Lipinski definition) is 4. The Balaban J connectivity index is 2.53. The van der Waals surface area contributed by atoms with Crippen LogP contribution >= 0.6 is 11.6 Å². The topological polar surface area (TPSA) is 89.7 Å². The highest BCUT2D eigenvalue weighted by atomic mass is 35.5. The Morgan fingerprint density at radius 3 is 2.62 bits per heavy atom. The third-order valence-corrected chi connectivity index (χ3v) is 3.02. The van der Waals surface area contributed by atoms with E-state index in [-0.39, 0.29) is 22.1 Å². The van der Waals surface area contributed by atoms with Gasteiger partial charge in [0.25, 0.3) is 0 Å². The van der Waals surface area contributed by atoms with Crippen molar-refractivity contribution in [2.75, 3.05) is 0 Å². The van der Waals surface area contributed by atoms with Crippen LogP contribution in [0.25, 0.3) is 0 Å². The summed E-state index contributed by atoms with van der Waals surface area (Å²) >= 11 is 5.79. The molecule has 7 heteroatoms. The van der Waals surface area contributed by atoms with Crippen LogP contribution in [0.2, 0.25) is 5.02 Å². The molecule has 0 saturated heterocycles. The highest BCUT2D eigenvalue weighted by molar-refractivity contribution is 6.33. The summed E-state index contributed by atoms with van der Waals surface area (Å²) in [5.41, 5.74) is 0.270. The van der Waals surface area contributed by atoms with E-state index >= 15 is 0 Å². The van der Waals surface area contributed by atoms with Crippen molar-refractivity contribution in [3.05, 3.63) is 62.7 Å². The number of ether oxygens (including phenoxy) is 1. The van der Waals surface area contributed by atoms with Gasteiger partial charge in [-0.05, 0) is 36.8 Å². The van der Waals surface area contributed by atoms with Gasteiger partial charge < -0.3 is 9.84 Å². The lowest BCUT2D eigenvalue weighted by Crippen LogP contribution is -2.01. The molecule has 0 aliphatic rings. The molecule has 0 aromatic heterocycles. The molecular weight excluding hydrogens is 298 g/mol. The van der Waals surface area contributed by atoms with Crippen LogP contribution in [0.15, 0.2) is 36.4 Å². The van der Waals surface area contributed by atoms with Gasteiger partial charge in [-0.25, -0.2) is 4.79 Å². The highest BCUT2D eigenvalue weighted by Gasteiger charge is 2.22. The van der Waals surface area contributed by atoms with Crippen LogP contribution in [0.3, 0.4) is 0 Å². The van der Waals surface area contributed by atoms with E-state index in [0.29, 0.717) is 0 Å². The molecule has 0 aliphatic heterocycles. The van der Waals surface area contributed by atoms with E-state index in [1.54, 1.807) is 13.0 Å². The Hall–Kier alpha value is -2.60. The summed E-state index contributed by atoms with van der Waals surface area (Å²) in [6.45, 7) is 1.75. The van der Waals surface area contributed by atoms with Crippen molar-refractivity contribution in [1.82, 2.24) is 0 Å². The number of halogens is 1. The molecule has 0 spiro atoms. The molecule has 0 amide bonds. The van der Waals surface area contributed by atoms with Crippen molar-refractivity contribution in [3.8, 4) is 11.5 Å². The Kier molecular flexibility index (Phi) is 4.09. The lowest BCUT2D eigenvalue weighted by molar-refractivity contribution is -0.385. The van der Waals surface area contributed by atoms with E-state index in [1.165, 1.54) is 30.3 Å². The molecule has 0 aliphatic carbocycles. The fourth-order valence-electron chi connectivity index (χ4n) is 1.76. The number of nitro groups is 1. The summed E-state index contributed by atoms with van der Waals surface area (Å²) < 4.78 is 5.42. The van der Waals surface area contributed by atoms with Gasteiger partial charge in [0.2, 0.25) is 5.75 Å². The Morgan fingerprint density at radius 1 is 1.29 bits per heavy atom. The smallest absolute Gasteiger partial charge is 0.339 e. The second-order valence-corrected chi connectivity index (χ2v) is 4.66. The monoisotopic (exact) mass is 307 g/mol. The number of aromatic carboxylic acids is 1. The first-order valence-corrected chi connectivity index (χ1v) is 6.22. The van der Waals surface area contributed by atoms with Crippen LogP contribution in [-0.4, -0.2) is 16.0 Å². The number of nitrogens with zero attached hydrogens (tertiary/aromatic N) is 1. The molecular formula is C14H10ClNO5. The van der Waals surface area contributed by atoms with Gasteiger partial charge in [0, 0.05) is 0 Å². The maximum atomic E-state index is 11.2. The third-order valence-electron chi connectivity index (χ3n) is 2.72. The molecule has 0 unspecified atom stereocenters. The Bertz CT molecular complexity index is 729. The molecule has 108 valence electrons. The molecule has 0 atom stereocenters. The van der Waals surface area contributed by atoms with Crippen LogP contribution in [0, 0.1) is 17.0 Å². The Morgan fingerprint density at radius 2 is 2.00 bits per heavy atom. The number of nitro benzene ring substituents is 1. The van der Waals surface area contributed by atoms with Gasteiger partial charge in [0.05, 0.1) is 4.92 Å². The number of para-hydroxylation sites is 1. The first-order valence-electron chi connectivity index (χ1n) is 5.85. The molecule has 0 saturated carbocycles. The van der Waals surface area contributed by atoms with Crippen molar-refractivity contribution in [2.24, 2.45) is 0 Å². The van der Waals surface area contributed by atoms with Gasteiger partial charge in [-0.2, -0.15) is 0 Å². The second kappa shape index (κ2) is 5.80. The zero-order chi connectivity index (χ0) is 15.6. The normalized spacial score (nSPS) is 10.2. The average Bonchev–Trinajstić information content (AvgIpc) is 2.37. The predicted octanol–water partition coefficient (Wildman–Crippen LogP) is 4.05. The first kappa shape index (κ1) is 14.8. The third kappa shape index (κ3) is 3.11. The zero-order valence-electron chi connectivity index (χ0n) is 10.9. The molecule has 0 fully saturated rings. The standard InChI is InChI=1S/C14H10ClNO5/c1-8-5-6-9(14(17)18)12(7-8)21-11-4-2-3-10(15)13(11)16(19)20/h2-7H,1H3,(H,17,18). The van der Waals surface area contributed by atoms with Gasteiger partial charge in [0.15, 0.2) is 0 Å². The van der Waals surface area contributed by atoms with Crippen LogP contribution in [-0.2, 0) is 0 Å². The SMILES string of the molecule is Cc1ccc(C(=O)O)c(Oc2cccc(Cl)c2[N+](=O)[O-])c1.